The summed E-state index contributed by atoms with van der Waals surface area (Å²) in [6, 6.07) is 17.4. The van der Waals surface area contributed by atoms with Gasteiger partial charge >= 0.3 is 0 Å². The smallest absolute Gasteiger partial charge is 0.188 e. The molecule has 0 bridgehead atoms. The number of benzene rings is 2. The molecule has 0 aliphatic carbocycles. The molecule has 18 heavy (non-hydrogen) atoms. The van der Waals surface area contributed by atoms with Crippen molar-refractivity contribution in [3.63, 3.8) is 0 Å². The molecule has 0 fully saturated rings. The van der Waals surface area contributed by atoms with Crippen molar-refractivity contribution in [1.82, 2.24) is 0 Å². The number of carbonyl (C=O) groups excluding carboxylic acids is 1. The Kier molecular flexibility index (Phi) is 4.26. The normalized spacial score (nSPS) is 10.3. The van der Waals surface area contributed by atoms with Crippen LogP contribution in [-0.4, -0.2) is 12.4 Å². The predicted octanol–water partition coefficient (Wildman–Crippen LogP) is 3.39. The van der Waals surface area contributed by atoms with Crippen LogP contribution in [0.1, 0.15) is 21.5 Å². The molecule has 0 unspecified atom stereocenters. The summed E-state index contributed by atoms with van der Waals surface area (Å²) in [6.45, 7) is 2.59. The number of carbonyl (C=O) groups is 1. The molecular weight excluding hydrogens is 224 g/mol. The minimum Gasteiger partial charge on any atom is -0.369 e. The van der Waals surface area contributed by atoms with Crippen LogP contribution in [0.5, 0.6) is 0 Å². The monoisotopic (exact) mass is 240 g/mol. The molecule has 0 saturated heterocycles. The summed E-state index contributed by atoms with van der Waals surface area (Å²) in [5.41, 5.74) is 2.93. The molecule has 0 spiro atoms. The van der Waals surface area contributed by atoms with Crippen molar-refractivity contribution in [1.29, 1.82) is 0 Å². The highest BCUT2D eigenvalue weighted by Crippen LogP contribution is 2.06. The van der Waals surface area contributed by atoms with Gasteiger partial charge in [0, 0.05) is 5.56 Å². The third kappa shape index (κ3) is 3.54. The summed E-state index contributed by atoms with van der Waals surface area (Å²) in [6.07, 6.45) is 0. The van der Waals surface area contributed by atoms with Crippen LogP contribution in [0.4, 0.5) is 0 Å². The Morgan fingerprint density at radius 3 is 2.33 bits per heavy atom. The number of aryl methyl sites for hydroxylation is 1. The molecule has 2 rings (SSSR count). The second-order valence-electron chi connectivity index (χ2n) is 4.27. The van der Waals surface area contributed by atoms with Crippen molar-refractivity contribution in [2.75, 3.05) is 6.61 Å². The van der Waals surface area contributed by atoms with E-state index < -0.39 is 0 Å². The van der Waals surface area contributed by atoms with E-state index in [9.17, 15) is 4.79 Å². The van der Waals surface area contributed by atoms with Gasteiger partial charge in [0.2, 0.25) is 0 Å². The molecule has 0 N–H and O–H groups in total. The van der Waals surface area contributed by atoms with Crippen LogP contribution in [0.2, 0.25) is 0 Å². The maximum Gasteiger partial charge on any atom is 0.188 e. The average Bonchev–Trinajstić information content (AvgIpc) is 2.40. The first kappa shape index (κ1) is 12.5. The Morgan fingerprint density at radius 2 is 1.67 bits per heavy atom. The number of rotatable bonds is 5. The van der Waals surface area contributed by atoms with Gasteiger partial charge < -0.3 is 4.74 Å². The molecule has 0 atom stereocenters. The van der Waals surface area contributed by atoms with Gasteiger partial charge in [-0.25, -0.2) is 0 Å². The highest BCUT2D eigenvalue weighted by molar-refractivity contribution is 5.97. The summed E-state index contributed by atoms with van der Waals surface area (Å²) < 4.78 is 5.42. The molecule has 2 aromatic carbocycles. The largest absolute Gasteiger partial charge is 0.369 e. The van der Waals surface area contributed by atoms with Crippen LogP contribution in [0.3, 0.4) is 0 Å². The lowest BCUT2D eigenvalue weighted by Crippen LogP contribution is -2.09. The van der Waals surface area contributed by atoms with Crippen LogP contribution in [0.15, 0.2) is 54.6 Å². The van der Waals surface area contributed by atoms with Gasteiger partial charge in [0.05, 0.1) is 6.61 Å². The molecule has 0 saturated carbocycles. The Labute approximate surface area is 107 Å². The van der Waals surface area contributed by atoms with Gasteiger partial charge in [-0.3, -0.25) is 4.79 Å². The number of ketones is 1. The Hall–Kier alpha value is -1.93. The Bertz CT molecular complexity index is 500. The van der Waals surface area contributed by atoms with Gasteiger partial charge in [0.1, 0.15) is 6.61 Å². The summed E-state index contributed by atoms with van der Waals surface area (Å²) in [5, 5.41) is 0. The lowest BCUT2D eigenvalue weighted by molar-refractivity contribution is 0.0726. The van der Waals surface area contributed by atoms with Crippen molar-refractivity contribution in [2.45, 2.75) is 13.5 Å². The predicted molar refractivity (Wildman–Crippen MR) is 71.6 cm³/mol. The molecule has 92 valence electrons. The molecule has 0 aliphatic heterocycles. The lowest BCUT2D eigenvalue weighted by atomic mass is 10.1. The van der Waals surface area contributed by atoms with E-state index in [0.717, 1.165) is 11.1 Å². The van der Waals surface area contributed by atoms with Crippen molar-refractivity contribution >= 4 is 5.78 Å². The standard InChI is InChI=1S/C16H16O2/c1-13-7-9-15(10-8-13)16(17)12-18-11-14-5-3-2-4-6-14/h2-10H,11-12H2,1H3. The average molecular weight is 240 g/mol. The van der Waals surface area contributed by atoms with E-state index in [1.807, 2.05) is 61.5 Å². The zero-order valence-electron chi connectivity index (χ0n) is 10.4. The van der Waals surface area contributed by atoms with Crippen molar-refractivity contribution in [3.05, 3.63) is 71.3 Å². The van der Waals surface area contributed by atoms with Crippen LogP contribution >= 0.6 is 0 Å². The highest BCUT2D eigenvalue weighted by atomic mass is 16.5. The third-order valence-electron chi connectivity index (χ3n) is 2.72. The quantitative estimate of drug-likeness (QED) is 0.749. The Balaban J connectivity index is 1.84. The topological polar surface area (TPSA) is 26.3 Å². The van der Waals surface area contributed by atoms with E-state index in [-0.39, 0.29) is 12.4 Å². The van der Waals surface area contributed by atoms with E-state index in [1.165, 1.54) is 0 Å². The van der Waals surface area contributed by atoms with E-state index in [0.29, 0.717) is 12.2 Å². The Morgan fingerprint density at radius 1 is 1.00 bits per heavy atom. The lowest BCUT2D eigenvalue weighted by Gasteiger charge is -2.04. The number of Topliss-reactive ketones (excluding diaryl/α,β-unsaturated/α-hetero) is 1. The van der Waals surface area contributed by atoms with E-state index in [4.69, 9.17) is 4.74 Å². The van der Waals surface area contributed by atoms with Gasteiger partial charge in [0.15, 0.2) is 5.78 Å². The zero-order chi connectivity index (χ0) is 12.8. The summed E-state index contributed by atoms with van der Waals surface area (Å²) in [4.78, 5) is 11.8. The van der Waals surface area contributed by atoms with E-state index in [1.54, 1.807) is 0 Å². The van der Waals surface area contributed by atoms with Crippen LogP contribution in [0, 0.1) is 6.92 Å². The van der Waals surface area contributed by atoms with Crippen molar-refractivity contribution in [3.8, 4) is 0 Å². The van der Waals surface area contributed by atoms with Gasteiger partial charge in [-0.05, 0) is 12.5 Å². The fourth-order valence-electron chi connectivity index (χ4n) is 1.66. The van der Waals surface area contributed by atoms with Crippen LogP contribution in [0.25, 0.3) is 0 Å². The molecule has 2 heteroatoms. The maximum absolute atomic E-state index is 11.8. The minimum absolute atomic E-state index is 0.0194. The first-order chi connectivity index (χ1) is 8.75. The van der Waals surface area contributed by atoms with Gasteiger partial charge in [-0.2, -0.15) is 0 Å². The fourth-order valence-corrected chi connectivity index (χ4v) is 1.66. The first-order valence-electron chi connectivity index (χ1n) is 5.97. The molecule has 0 heterocycles. The van der Waals surface area contributed by atoms with Crippen LogP contribution in [-0.2, 0) is 11.3 Å². The fraction of sp³-hybridized carbons (Fsp3) is 0.188. The highest BCUT2D eigenvalue weighted by Gasteiger charge is 2.05. The van der Waals surface area contributed by atoms with E-state index >= 15 is 0 Å². The molecule has 2 nitrogen and oxygen atoms in total. The first-order valence-corrected chi connectivity index (χ1v) is 5.97. The molecule has 0 radical (unpaired) electrons. The summed E-state index contributed by atoms with van der Waals surface area (Å²) in [5.74, 6) is 0.0194. The van der Waals surface area contributed by atoms with Crippen LogP contribution < -0.4 is 0 Å². The second-order valence-corrected chi connectivity index (χ2v) is 4.27. The van der Waals surface area contributed by atoms with E-state index in [2.05, 4.69) is 0 Å². The number of hydrogen-bond donors (Lipinski definition) is 0. The molecule has 2 aromatic rings. The maximum atomic E-state index is 11.8. The van der Waals surface area contributed by atoms with Crippen molar-refractivity contribution in [2.24, 2.45) is 0 Å². The molecular formula is C16H16O2. The number of ether oxygens (including phenoxy) is 1. The SMILES string of the molecule is Cc1ccc(C(=O)COCc2ccccc2)cc1. The zero-order valence-corrected chi connectivity index (χ0v) is 10.4. The third-order valence-corrected chi connectivity index (χ3v) is 2.72. The molecule has 0 aromatic heterocycles. The van der Waals surface area contributed by atoms with Gasteiger partial charge in [-0.15, -0.1) is 0 Å². The van der Waals surface area contributed by atoms with Gasteiger partial charge in [-0.1, -0.05) is 60.2 Å². The summed E-state index contributed by atoms with van der Waals surface area (Å²) >= 11 is 0. The molecule has 0 amide bonds. The van der Waals surface area contributed by atoms with Crippen molar-refractivity contribution < 1.29 is 9.53 Å². The minimum atomic E-state index is 0.0194. The molecule has 0 aliphatic rings. The second kappa shape index (κ2) is 6.12. The van der Waals surface area contributed by atoms with Gasteiger partial charge in [0.25, 0.3) is 0 Å². The number of hydrogen-bond acceptors (Lipinski definition) is 2. The summed E-state index contributed by atoms with van der Waals surface area (Å²) in [7, 11) is 0.